The average Bonchev–Trinajstić information content (AvgIpc) is 3.43. The molecule has 0 radical (unpaired) electrons. The Kier molecular flexibility index (Phi) is 6.59. The quantitative estimate of drug-likeness (QED) is 0.300. The molecule has 7 atom stereocenters. The summed E-state index contributed by atoms with van der Waals surface area (Å²) in [5, 5.41) is 28.4. The number of nitrogens with zero attached hydrogens (tertiary/aromatic N) is 1. The Bertz CT molecular complexity index is 959. The van der Waals surface area contributed by atoms with Gasteiger partial charge in [-0.05, 0) is 76.8 Å². The monoisotopic (exact) mass is 502 g/mol. The van der Waals surface area contributed by atoms with E-state index in [1.807, 2.05) is 7.05 Å². The molecule has 0 aromatic carbocycles. The van der Waals surface area contributed by atoms with Crippen molar-refractivity contribution in [1.82, 2.24) is 5.32 Å². The van der Waals surface area contributed by atoms with Crippen molar-refractivity contribution in [3.8, 4) is 0 Å². The van der Waals surface area contributed by atoms with Crippen LogP contribution in [0.2, 0.25) is 0 Å². The number of carbonyl (C=O) groups excluding carboxylic acids is 1. The van der Waals surface area contributed by atoms with E-state index in [1.165, 1.54) is 4.90 Å². The van der Waals surface area contributed by atoms with Crippen LogP contribution in [0.1, 0.15) is 71.6 Å². The van der Waals surface area contributed by atoms with Gasteiger partial charge in [0.05, 0.1) is 31.3 Å². The number of hydrogen-bond donors (Lipinski definition) is 4. The molecule has 4 aliphatic carbocycles. The fourth-order valence-electron chi connectivity index (χ4n) is 9.77. The third-order valence-corrected chi connectivity index (χ3v) is 11.3. The first-order valence-electron chi connectivity index (χ1n) is 14.1. The summed E-state index contributed by atoms with van der Waals surface area (Å²) in [7, 11) is 3.75. The molecule has 5 N–H and O–H groups in total. The van der Waals surface area contributed by atoms with Crippen LogP contribution in [0.4, 0.5) is 0 Å². The van der Waals surface area contributed by atoms with E-state index in [1.54, 1.807) is 7.05 Å². The van der Waals surface area contributed by atoms with E-state index in [9.17, 15) is 15.0 Å². The molecular weight excluding hydrogens is 456 g/mol. The van der Waals surface area contributed by atoms with Gasteiger partial charge in [-0.25, -0.2) is 4.99 Å². The van der Waals surface area contributed by atoms with Crippen LogP contribution in [0.5, 0.6) is 0 Å². The van der Waals surface area contributed by atoms with Gasteiger partial charge in [0.25, 0.3) is 5.96 Å². The van der Waals surface area contributed by atoms with Gasteiger partial charge in [-0.1, -0.05) is 25.3 Å². The van der Waals surface area contributed by atoms with Crippen molar-refractivity contribution < 1.29 is 24.6 Å². The van der Waals surface area contributed by atoms with Crippen molar-refractivity contribution in [1.29, 1.82) is 0 Å². The zero-order valence-electron chi connectivity index (χ0n) is 22.6. The number of aliphatic hydroxyl groups is 1. The Balaban J connectivity index is 1.63. The number of quaternary nitrogens is 1. The molecule has 0 aromatic heterocycles. The van der Waals surface area contributed by atoms with Crippen molar-refractivity contribution >= 4 is 11.9 Å². The number of aliphatic imine (C=N–C) groups is 1. The molecular formula is C28H46N4O4. The summed E-state index contributed by atoms with van der Waals surface area (Å²) in [6, 6.07) is 0. The summed E-state index contributed by atoms with van der Waals surface area (Å²) in [6.07, 6.45) is 8.38. The molecule has 3 saturated carbocycles. The normalized spacial score (nSPS) is 43.9. The first kappa shape index (κ1) is 26.1. The summed E-state index contributed by atoms with van der Waals surface area (Å²) in [4.78, 5) is 18.3. The Morgan fingerprint density at radius 2 is 2.03 bits per heavy atom. The van der Waals surface area contributed by atoms with Gasteiger partial charge in [-0.2, -0.15) is 0 Å². The molecule has 2 bridgehead atoms. The highest BCUT2D eigenvalue weighted by Crippen LogP contribution is 2.76. The first-order valence-corrected chi connectivity index (χ1v) is 14.1. The maximum Gasteiger partial charge on any atom is 0.293 e. The van der Waals surface area contributed by atoms with E-state index >= 15 is 0 Å². The Morgan fingerprint density at radius 3 is 2.67 bits per heavy atom. The summed E-state index contributed by atoms with van der Waals surface area (Å²) in [5.74, 6) is 0.408. The number of rotatable bonds is 6. The Hall–Kier alpha value is -1.48. The van der Waals surface area contributed by atoms with Crippen LogP contribution in [0.25, 0.3) is 0 Å². The molecule has 5 aliphatic rings. The molecule has 0 aromatic rings. The third kappa shape index (κ3) is 3.54. The highest BCUT2D eigenvalue weighted by molar-refractivity contribution is 5.90. The lowest BCUT2D eigenvalue weighted by atomic mass is 9.45. The van der Waals surface area contributed by atoms with Crippen LogP contribution in [-0.2, 0) is 9.53 Å². The van der Waals surface area contributed by atoms with Crippen molar-refractivity contribution in [2.24, 2.45) is 39.3 Å². The second-order valence-electron chi connectivity index (χ2n) is 12.9. The topological polar surface area (TPSA) is 124 Å². The fraction of sp³-hybridized carbons (Fsp3) is 0.857. The molecule has 202 valence electrons. The zero-order valence-corrected chi connectivity index (χ0v) is 22.6. The number of nitrogens with one attached hydrogen (secondary N) is 2. The van der Waals surface area contributed by atoms with E-state index < -0.39 is 17.0 Å². The SMILES string of the molecule is CN=C(N)[NH+]1CC[C@H](CNC)[C@@]2(C1)[C@@H]1CC[C@@H](C)[C@]23C[C@](O)(COC2(C)CCCC2)C(C(=O)[O-])=C3C1. The third-order valence-electron chi connectivity index (χ3n) is 11.3. The number of nitrogens with two attached hydrogens (primary N) is 1. The molecule has 2 spiro atoms. The van der Waals surface area contributed by atoms with E-state index in [4.69, 9.17) is 10.5 Å². The van der Waals surface area contributed by atoms with E-state index in [-0.39, 0.29) is 29.1 Å². The second-order valence-corrected chi connectivity index (χ2v) is 12.9. The summed E-state index contributed by atoms with van der Waals surface area (Å²) < 4.78 is 6.39. The molecule has 1 saturated heterocycles. The fourth-order valence-corrected chi connectivity index (χ4v) is 9.77. The maximum absolute atomic E-state index is 12.8. The highest BCUT2D eigenvalue weighted by Gasteiger charge is 2.75. The molecule has 1 unspecified atom stereocenters. The molecule has 4 fully saturated rings. The van der Waals surface area contributed by atoms with Gasteiger partial charge in [0.2, 0.25) is 0 Å². The van der Waals surface area contributed by atoms with E-state index in [2.05, 4.69) is 24.2 Å². The molecule has 1 heterocycles. The van der Waals surface area contributed by atoms with Gasteiger partial charge in [0, 0.05) is 29.9 Å². The number of carboxylic acid groups (broad SMARTS) is 1. The number of hydrogen-bond acceptors (Lipinski definition) is 6. The number of carboxylic acids is 1. The number of aliphatic carboxylic acids is 1. The van der Waals surface area contributed by atoms with Crippen LogP contribution >= 0.6 is 0 Å². The van der Waals surface area contributed by atoms with Crippen LogP contribution in [0.15, 0.2) is 16.1 Å². The number of ether oxygens (including phenoxy) is 1. The molecule has 36 heavy (non-hydrogen) atoms. The summed E-state index contributed by atoms with van der Waals surface area (Å²) in [5.41, 5.74) is 5.11. The second kappa shape index (κ2) is 9.07. The minimum Gasteiger partial charge on any atom is -0.545 e. The minimum atomic E-state index is -1.53. The van der Waals surface area contributed by atoms with Gasteiger partial charge in [-0.3, -0.25) is 4.90 Å². The summed E-state index contributed by atoms with van der Waals surface area (Å²) in [6.45, 7) is 7.04. The molecule has 0 amide bonds. The lowest BCUT2D eigenvalue weighted by Crippen LogP contribution is -3.19. The lowest BCUT2D eigenvalue weighted by Gasteiger charge is -2.60. The van der Waals surface area contributed by atoms with E-state index in [0.717, 1.165) is 76.6 Å². The number of guanidine groups is 1. The van der Waals surface area contributed by atoms with Crippen molar-refractivity contribution in [3.05, 3.63) is 11.1 Å². The molecule has 8 heteroatoms. The number of allylic oxidation sites excluding steroid dienone is 1. The predicted octanol–water partition coefficient (Wildman–Crippen LogP) is 0.00830. The van der Waals surface area contributed by atoms with Crippen LogP contribution in [-0.4, -0.2) is 68.6 Å². The smallest absolute Gasteiger partial charge is 0.293 e. The average molecular weight is 503 g/mol. The zero-order chi connectivity index (χ0) is 25.9. The van der Waals surface area contributed by atoms with Gasteiger partial charge in [-0.15, -0.1) is 0 Å². The van der Waals surface area contributed by atoms with Gasteiger partial charge in [0.1, 0.15) is 5.60 Å². The van der Waals surface area contributed by atoms with Gasteiger partial charge < -0.3 is 30.8 Å². The van der Waals surface area contributed by atoms with Crippen molar-refractivity contribution in [3.63, 3.8) is 0 Å². The van der Waals surface area contributed by atoms with Crippen LogP contribution in [0.3, 0.4) is 0 Å². The number of piperidine rings is 1. The molecule has 8 nitrogen and oxygen atoms in total. The highest BCUT2D eigenvalue weighted by atomic mass is 16.5. The standard InChI is InChI=1S/C28H46N4O4/c1-18-7-8-19-13-21-22(23(33)34)26(35,17-36-25(2)10-5-6-11-25)15-27(18,21)28(19)16-32(24(29)31-4)12-9-20(28)14-30-3/h18-20,30,35H,5-17H2,1-4H3,(H2,29,31)(H,33,34)/t18-,19-,20-,26+,27+,28-/m1/s1. The molecule has 5 rings (SSSR count). The van der Waals surface area contributed by atoms with Crippen LogP contribution in [0, 0.1) is 28.6 Å². The van der Waals surface area contributed by atoms with Crippen LogP contribution < -0.4 is 21.1 Å². The van der Waals surface area contributed by atoms with E-state index in [0.29, 0.717) is 24.2 Å². The number of likely N-dealkylation sites (tertiary alicyclic amines) is 1. The Labute approximate surface area is 215 Å². The van der Waals surface area contributed by atoms with Crippen molar-refractivity contribution in [2.75, 3.05) is 40.3 Å². The Morgan fingerprint density at radius 1 is 1.31 bits per heavy atom. The first-order chi connectivity index (χ1) is 17.1. The largest absolute Gasteiger partial charge is 0.545 e. The van der Waals surface area contributed by atoms with Gasteiger partial charge >= 0.3 is 0 Å². The summed E-state index contributed by atoms with van der Waals surface area (Å²) >= 11 is 0. The predicted molar refractivity (Wildman–Crippen MR) is 136 cm³/mol. The number of carbonyl (C=O) groups is 1. The lowest BCUT2D eigenvalue weighted by molar-refractivity contribution is -0.828. The van der Waals surface area contributed by atoms with Gasteiger partial charge in [0.15, 0.2) is 0 Å². The maximum atomic E-state index is 12.8. The minimum absolute atomic E-state index is 0.0252. The molecule has 1 aliphatic heterocycles. The van der Waals surface area contributed by atoms with Crippen molar-refractivity contribution in [2.45, 2.75) is 82.8 Å².